The minimum atomic E-state index is -4.42. The van der Waals surface area contributed by atoms with Crippen molar-refractivity contribution < 1.29 is 13.2 Å². The second-order valence-corrected chi connectivity index (χ2v) is 3.36. The Balaban J connectivity index is 2.82. The lowest BCUT2D eigenvalue weighted by atomic mass is 10.2. The van der Waals surface area contributed by atoms with Crippen molar-refractivity contribution in [2.75, 3.05) is 6.26 Å². The molecule has 0 bridgehead atoms. The first-order chi connectivity index (χ1) is 6.51. The van der Waals surface area contributed by atoms with Crippen LogP contribution in [0.2, 0.25) is 0 Å². The molecule has 0 heterocycles. The van der Waals surface area contributed by atoms with Crippen LogP contribution in [-0.4, -0.2) is 12.4 Å². The molecule has 0 aliphatic heterocycles. The average molecular weight is 216 g/mol. The summed E-state index contributed by atoms with van der Waals surface area (Å²) in [6.45, 7) is 0. The lowest BCUT2D eigenvalue weighted by Gasteiger charge is -1.95. The molecule has 14 heavy (non-hydrogen) atoms. The first-order valence-electron chi connectivity index (χ1n) is 3.75. The van der Waals surface area contributed by atoms with Gasteiger partial charge in [0.05, 0.1) is 0 Å². The average Bonchev–Trinajstić information content (AvgIpc) is 2.14. The second-order valence-electron chi connectivity index (χ2n) is 2.48. The third-order valence-electron chi connectivity index (χ3n) is 1.44. The molecule has 0 radical (unpaired) electrons. The number of hydrogen-bond donors (Lipinski definition) is 0. The van der Waals surface area contributed by atoms with Gasteiger partial charge < -0.3 is 0 Å². The Bertz CT molecular complexity index is 354. The fourth-order valence-corrected chi connectivity index (χ4v) is 1.23. The van der Waals surface area contributed by atoms with E-state index in [-0.39, 0.29) is 0 Å². The summed E-state index contributed by atoms with van der Waals surface area (Å²) < 4.78 is 35.1. The van der Waals surface area contributed by atoms with Crippen LogP contribution in [-0.2, 0) is 0 Å². The minimum Gasteiger partial charge on any atom is -0.159 e. The van der Waals surface area contributed by atoms with Crippen molar-refractivity contribution in [3.63, 3.8) is 0 Å². The summed E-state index contributed by atoms with van der Waals surface area (Å²) in [6.07, 6.45) is -2.52. The summed E-state index contributed by atoms with van der Waals surface area (Å²) in [7, 11) is 0. The molecule has 0 fully saturated rings. The van der Waals surface area contributed by atoms with Crippen LogP contribution in [0.15, 0.2) is 29.2 Å². The number of thioether (sulfide) groups is 1. The number of hydrogen-bond acceptors (Lipinski definition) is 1. The maximum atomic E-state index is 11.7. The molecule has 4 heteroatoms. The van der Waals surface area contributed by atoms with Gasteiger partial charge in [0.1, 0.15) is 0 Å². The molecule has 1 aromatic rings. The number of halogens is 3. The van der Waals surface area contributed by atoms with Gasteiger partial charge in [0.15, 0.2) is 0 Å². The minimum absolute atomic E-state index is 0.375. The van der Waals surface area contributed by atoms with Gasteiger partial charge in [-0.1, -0.05) is 5.92 Å². The summed E-state index contributed by atoms with van der Waals surface area (Å²) in [6, 6.07) is 6.63. The quantitative estimate of drug-likeness (QED) is 0.512. The van der Waals surface area contributed by atoms with Crippen LogP contribution >= 0.6 is 11.8 Å². The molecule has 0 aromatic heterocycles. The van der Waals surface area contributed by atoms with Crippen molar-refractivity contribution in [3.05, 3.63) is 29.8 Å². The van der Waals surface area contributed by atoms with Crippen molar-refractivity contribution in [2.24, 2.45) is 0 Å². The molecule has 0 atom stereocenters. The van der Waals surface area contributed by atoms with Crippen LogP contribution in [0.25, 0.3) is 0 Å². The number of rotatable bonds is 1. The van der Waals surface area contributed by atoms with E-state index in [0.717, 1.165) is 4.90 Å². The highest BCUT2D eigenvalue weighted by Crippen LogP contribution is 2.15. The summed E-state index contributed by atoms with van der Waals surface area (Å²) >= 11 is 1.53. The van der Waals surface area contributed by atoms with Gasteiger partial charge in [0.2, 0.25) is 0 Å². The van der Waals surface area contributed by atoms with E-state index in [4.69, 9.17) is 0 Å². The van der Waals surface area contributed by atoms with Gasteiger partial charge in [0.25, 0.3) is 0 Å². The van der Waals surface area contributed by atoms with Crippen LogP contribution in [0.3, 0.4) is 0 Å². The van der Waals surface area contributed by atoms with Crippen molar-refractivity contribution in [1.29, 1.82) is 0 Å². The van der Waals surface area contributed by atoms with Crippen molar-refractivity contribution in [3.8, 4) is 11.8 Å². The van der Waals surface area contributed by atoms with Gasteiger partial charge in [-0.25, -0.2) is 0 Å². The van der Waals surface area contributed by atoms with E-state index in [1.807, 2.05) is 6.26 Å². The normalized spacial score (nSPS) is 10.6. The number of benzene rings is 1. The van der Waals surface area contributed by atoms with Gasteiger partial charge in [-0.05, 0) is 30.5 Å². The highest BCUT2D eigenvalue weighted by molar-refractivity contribution is 7.98. The van der Waals surface area contributed by atoms with E-state index in [0.29, 0.717) is 5.56 Å². The standard InChI is InChI=1S/C10H7F3S/c1-14-9-4-2-8(3-5-9)6-7-10(11,12)13/h2-5H,1H3. The Morgan fingerprint density at radius 1 is 1.14 bits per heavy atom. The third-order valence-corrected chi connectivity index (χ3v) is 2.18. The summed E-state index contributed by atoms with van der Waals surface area (Å²) in [5, 5.41) is 0. The van der Waals surface area contributed by atoms with Gasteiger partial charge in [-0.2, -0.15) is 13.2 Å². The maximum Gasteiger partial charge on any atom is 0.458 e. The van der Waals surface area contributed by atoms with Gasteiger partial charge >= 0.3 is 6.18 Å². The van der Waals surface area contributed by atoms with Crippen LogP contribution in [0.1, 0.15) is 5.56 Å². The molecule has 1 rings (SSSR count). The van der Waals surface area contributed by atoms with Gasteiger partial charge in [-0.15, -0.1) is 11.8 Å². The van der Waals surface area contributed by atoms with E-state index in [1.54, 1.807) is 24.3 Å². The molecule has 0 amide bonds. The fourth-order valence-electron chi connectivity index (χ4n) is 0.817. The van der Waals surface area contributed by atoms with E-state index in [1.165, 1.54) is 17.7 Å². The van der Waals surface area contributed by atoms with Crippen molar-refractivity contribution in [1.82, 2.24) is 0 Å². The predicted molar refractivity (Wildman–Crippen MR) is 51.2 cm³/mol. The van der Waals surface area contributed by atoms with E-state index in [9.17, 15) is 13.2 Å². The number of alkyl halides is 3. The summed E-state index contributed by atoms with van der Waals surface area (Å²) in [4.78, 5) is 1.00. The third kappa shape index (κ3) is 3.75. The Morgan fingerprint density at radius 3 is 2.14 bits per heavy atom. The molecule has 0 saturated carbocycles. The van der Waals surface area contributed by atoms with Crippen molar-refractivity contribution >= 4 is 11.8 Å². The van der Waals surface area contributed by atoms with Gasteiger partial charge in [0, 0.05) is 16.4 Å². The monoisotopic (exact) mass is 216 g/mol. The molecule has 0 N–H and O–H groups in total. The molecule has 0 aliphatic rings. The van der Waals surface area contributed by atoms with Crippen LogP contribution in [0.5, 0.6) is 0 Å². The highest BCUT2D eigenvalue weighted by Gasteiger charge is 2.22. The maximum absolute atomic E-state index is 11.7. The molecule has 0 spiro atoms. The predicted octanol–water partition coefficient (Wildman–Crippen LogP) is 3.32. The SMILES string of the molecule is CSc1ccc(C#CC(F)(F)F)cc1. The second kappa shape index (κ2) is 4.43. The van der Waals surface area contributed by atoms with Crippen LogP contribution in [0, 0.1) is 11.8 Å². The van der Waals surface area contributed by atoms with Crippen LogP contribution in [0.4, 0.5) is 13.2 Å². The smallest absolute Gasteiger partial charge is 0.159 e. The Labute approximate surface area is 84.5 Å². The van der Waals surface area contributed by atoms with E-state index < -0.39 is 6.18 Å². The molecular weight excluding hydrogens is 209 g/mol. The molecular formula is C10H7F3S. The van der Waals surface area contributed by atoms with E-state index in [2.05, 4.69) is 5.92 Å². The summed E-state index contributed by atoms with van der Waals surface area (Å²) in [5.74, 6) is 3.27. The largest absolute Gasteiger partial charge is 0.458 e. The lowest BCUT2D eigenvalue weighted by molar-refractivity contribution is -0.0696. The lowest BCUT2D eigenvalue weighted by Crippen LogP contribution is -2.01. The first kappa shape index (κ1) is 11.0. The Kier molecular flexibility index (Phi) is 3.48. The molecule has 1 aromatic carbocycles. The molecule has 0 unspecified atom stereocenters. The molecule has 0 aliphatic carbocycles. The zero-order chi connectivity index (χ0) is 10.6. The first-order valence-corrected chi connectivity index (χ1v) is 4.98. The summed E-state index contributed by atoms with van der Waals surface area (Å²) in [5.41, 5.74) is 0.375. The Morgan fingerprint density at radius 2 is 1.71 bits per heavy atom. The van der Waals surface area contributed by atoms with Crippen molar-refractivity contribution in [2.45, 2.75) is 11.1 Å². The van der Waals surface area contributed by atoms with Gasteiger partial charge in [-0.3, -0.25) is 0 Å². The molecule has 0 saturated heterocycles. The zero-order valence-corrected chi connectivity index (χ0v) is 8.17. The van der Waals surface area contributed by atoms with E-state index >= 15 is 0 Å². The molecule has 74 valence electrons. The zero-order valence-electron chi connectivity index (χ0n) is 7.35. The van der Waals surface area contributed by atoms with Crippen LogP contribution < -0.4 is 0 Å². The fraction of sp³-hybridized carbons (Fsp3) is 0.200. The molecule has 0 nitrogen and oxygen atoms in total. The topological polar surface area (TPSA) is 0 Å². The highest BCUT2D eigenvalue weighted by atomic mass is 32.2. The Hall–Kier alpha value is -1.08.